The van der Waals surface area contributed by atoms with Gasteiger partial charge in [-0.3, -0.25) is 19.3 Å². The Hall–Kier alpha value is -4.19. The predicted octanol–water partition coefficient (Wildman–Crippen LogP) is 3.23. The number of anilines is 2. The van der Waals surface area contributed by atoms with E-state index in [1.54, 1.807) is 0 Å². The molecule has 3 aromatic rings. The second-order valence-corrected chi connectivity index (χ2v) is 9.35. The van der Waals surface area contributed by atoms with Crippen molar-refractivity contribution in [1.29, 1.82) is 0 Å². The van der Waals surface area contributed by atoms with Gasteiger partial charge >= 0.3 is 0 Å². The van der Waals surface area contributed by atoms with Crippen LogP contribution < -0.4 is 26.4 Å². The highest BCUT2D eigenvalue weighted by Crippen LogP contribution is 2.37. The largest absolute Gasteiger partial charge is 0.504 e. The van der Waals surface area contributed by atoms with Crippen LogP contribution >= 0.6 is 11.5 Å². The molecule has 0 aliphatic carbocycles. The Morgan fingerprint density at radius 2 is 1.92 bits per heavy atom. The fourth-order valence-corrected chi connectivity index (χ4v) is 4.36. The number of phenolic OH excluding ortho intramolecular Hbond substituents is 1. The fraction of sp³-hybridized carbons (Fsp3) is 0.280. The number of nitrogens with one attached hydrogen (secondary N) is 1. The maximum absolute atomic E-state index is 15.1. The minimum absolute atomic E-state index is 0.0479. The van der Waals surface area contributed by atoms with Crippen molar-refractivity contribution in [1.82, 2.24) is 9.69 Å². The standard InChI is InChI=1S/C25H28FN5O5S/c1-13(2)10-11-29-24(34)21(14-8-9-17(32)18(12-14)36-3)31(16-7-5-4-6-15(16)26)25(35)22-19(27)20(23(28)33)30-37-22/h4-9,12-13,21,32H,10-11,27H2,1-3H3,(H2,28,33)(H,29,34). The van der Waals surface area contributed by atoms with Crippen LogP contribution in [0.4, 0.5) is 15.8 Å². The summed E-state index contributed by atoms with van der Waals surface area (Å²) in [6.45, 7) is 4.29. The maximum Gasteiger partial charge on any atom is 0.273 e. The molecule has 0 saturated carbocycles. The lowest BCUT2D eigenvalue weighted by Crippen LogP contribution is -2.44. The van der Waals surface area contributed by atoms with Gasteiger partial charge in [-0.05, 0) is 53.7 Å². The van der Waals surface area contributed by atoms with Gasteiger partial charge in [-0.15, -0.1) is 0 Å². The van der Waals surface area contributed by atoms with Crippen LogP contribution in [0.25, 0.3) is 0 Å². The Morgan fingerprint density at radius 1 is 1.22 bits per heavy atom. The molecule has 12 heteroatoms. The number of hydrogen-bond donors (Lipinski definition) is 4. The van der Waals surface area contributed by atoms with Crippen LogP contribution in [-0.2, 0) is 4.79 Å². The Bertz CT molecular complexity index is 1310. The van der Waals surface area contributed by atoms with Gasteiger partial charge < -0.3 is 26.6 Å². The molecule has 3 amide bonds. The van der Waals surface area contributed by atoms with Crippen molar-refractivity contribution in [3.05, 3.63) is 64.4 Å². The summed E-state index contributed by atoms with van der Waals surface area (Å²) >= 11 is 0.612. The van der Waals surface area contributed by atoms with E-state index in [0.29, 0.717) is 30.4 Å². The molecule has 0 aliphatic heterocycles. The molecule has 37 heavy (non-hydrogen) atoms. The number of phenols is 1. The number of aromatic hydroxyl groups is 1. The lowest BCUT2D eigenvalue weighted by Gasteiger charge is -2.31. The molecule has 0 fully saturated rings. The first-order valence-electron chi connectivity index (χ1n) is 11.3. The lowest BCUT2D eigenvalue weighted by atomic mass is 10.0. The third-order valence-electron chi connectivity index (χ3n) is 5.53. The van der Waals surface area contributed by atoms with Gasteiger partial charge in [0, 0.05) is 6.54 Å². The van der Waals surface area contributed by atoms with Gasteiger partial charge in [-0.1, -0.05) is 32.0 Å². The molecule has 10 nitrogen and oxygen atoms in total. The number of para-hydroxylation sites is 1. The Balaban J connectivity index is 2.22. The number of hydrogen-bond acceptors (Lipinski definition) is 8. The van der Waals surface area contributed by atoms with Crippen LogP contribution in [0.5, 0.6) is 11.5 Å². The zero-order valence-corrected chi connectivity index (χ0v) is 21.3. The third-order valence-corrected chi connectivity index (χ3v) is 6.38. The van der Waals surface area contributed by atoms with Crippen LogP contribution in [0.3, 0.4) is 0 Å². The molecule has 1 heterocycles. The highest BCUT2D eigenvalue weighted by atomic mass is 32.1. The molecule has 1 aromatic heterocycles. The zero-order valence-electron chi connectivity index (χ0n) is 20.5. The minimum atomic E-state index is -1.41. The average molecular weight is 530 g/mol. The first-order chi connectivity index (χ1) is 17.6. The van der Waals surface area contributed by atoms with Gasteiger partial charge in [-0.25, -0.2) is 4.39 Å². The number of amides is 3. The van der Waals surface area contributed by atoms with E-state index in [0.717, 1.165) is 11.0 Å². The summed E-state index contributed by atoms with van der Waals surface area (Å²) in [4.78, 5) is 40.0. The highest BCUT2D eigenvalue weighted by Gasteiger charge is 2.37. The summed E-state index contributed by atoms with van der Waals surface area (Å²) in [5.41, 5.74) is 10.8. The van der Waals surface area contributed by atoms with Crippen LogP contribution in [0.15, 0.2) is 42.5 Å². The van der Waals surface area contributed by atoms with E-state index in [9.17, 15) is 19.5 Å². The van der Waals surface area contributed by atoms with Gasteiger partial charge in [0.25, 0.3) is 11.8 Å². The predicted molar refractivity (Wildman–Crippen MR) is 138 cm³/mol. The molecule has 2 aromatic carbocycles. The van der Waals surface area contributed by atoms with Gasteiger partial charge in [0.1, 0.15) is 16.7 Å². The molecule has 0 bridgehead atoms. The maximum atomic E-state index is 15.1. The van der Waals surface area contributed by atoms with Crippen molar-refractivity contribution in [2.75, 3.05) is 24.3 Å². The lowest BCUT2D eigenvalue weighted by molar-refractivity contribution is -0.122. The fourth-order valence-electron chi connectivity index (χ4n) is 3.61. The van der Waals surface area contributed by atoms with Crippen molar-refractivity contribution in [2.24, 2.45) is 11.7 Å². The molecular formula is C25H28FN5O5S. The van der Waals surface area contributed by atoms with Crippen LogP contribution in [0, 0.1) is 11.7 Å². The van der Waals surface area contributed by atoms with Crippen molar-refractivity contribution in [2.45, 2.75) is 26.3 Å². The van der Waals surface area contributed by atoms with E-state index >= 15 is 4.39 Å². The number of carbonyl (C=O) groups excluding carboxylic acids is 3. The number of benzene rings is 2. The Kier molecular flexibility index (Phi) is 8.66. The second kappa shape index (κ2) is 11.7. The average Bonchev–Trinajstić information content (AvgIpc) is 3.24. The summed E-state index contributed by atoms with van der Waals surface area (Å²) in [6, 6.07) is 8.13. The Morgan fingerprint density at radius 3 is 2.51 bits per heavy atom. The molecule has 0 aliphatic rings. The summed E-state index contributed by atoms with van der Waals surface area (Å²) in [7, 11) is 1.33. The number of aromatic nitrogens is 1. The summed E-state index contributed by atoms with van der Waals surface area (Å²) in [5, 5.41) is 12.9. The number of halogens is 1. The van der Waals surface area contributed by atoms with Crippen LogP contribution in [0.2, 0.25) is 0 Å². The Labute approximate surface area is 217 Å². The van der Waals surface area contributed by atoms with Gasteiger partial charge in [0.05, 0.1) is 18.5 Å². The number of ether oxygens (including phenoxy) is 1. The number of nitrogens with zero attached hydrogens (tertiary/aromatic N) is 2. The first kappa shape index (κ1) is 27.4. The van der Waals surface area contributed by atoms with Crippen molar-refractivity contribution < 1.29 is 28.6 Å². The first-order valence-corrected chi connectivity index (χ1v) is 12.1. The van der Waals surface area contributed by atoms with E-state index < -0.39 is 29.6 Å². The molecule has 0 radical (unpaired) electrons. The highest BCUT2D eigenvalue weighted by molar-refractivity contribution is 7.09. The molecule has 1 atom stereocenters. The van der Waals surface area contributed by atoms with Crippen molar-refractivity contribution >= 4 is 40.6 Å². The number of rotatable bonds is 10. The van der Waals surface area contributed by atoms with Crippen molar-refractivity contribution in [3.8, 4) is 11.5 Å². The molecule has 196 valence electrons. The molecular weight excluding hydrogens is 501 g/mol. The summed E-state index contributed by atoms with van der Waals surface area (Å²) in [6.07, 6.45) is 0.661. The van der Waals surface area contributed by atoms with Gasteiger partial charge in [-0.2, -0.15) is 4.37 Å². The van der Waals surface area contributed by atoms with E-state index in [1.165, 1.54) is 43.5 Å². The molecule has 0 saturated heterocycles. The SMILES string of the molecule is COc1cc(C(C(=O)NCCC(C)C)N(C(=O)c2snc(C(N)=O)c2N)c2ccccc2F)ccc1O. The third kappa shape index (κ3) is 5.97. The van der Waals surface area contributed by atoms with E-state index in [1.807, 2.05) is 13.8 Å². The monoisotopic (exact) mass is 529 g/mol. The minimum Gasteiger partial charge on any atom is -0.504 e. The van der Waals surface area contributed by atoms with Crippen molar-refractivity contribution in [3.63, 3.8) is 0 Å². The number of carbonyl (C=O) groups is 3. The molecule has 6 N–H and O–H groups in total. The van der Waals surface area contributed by atoms with E-state index in [2.05, 4.69) is 9.69 Å². The summed E-state index contributed by atoms with van der Waals surface area (Å²) in [5.74, 6) is -3.04. The van der Waals surface area contributed by atoms with E-state index in [4.69, 9.17) is 16.2 Å². The van der Waals surface area contributed by atoms with E-state index in [-0.39, 0.29) is 39.0 Å². The summed E-state index contributed by atoms with van der Waals surface area (Å²) < 4.78 is 24.2. The number of nitrogen functional groups attached to an aromatic ring is 1. The topological polar surface area (TPSA) is 161 Å². The smallest absolute Gasteiger partial charge is 0.273 e. The van der Waals surface area contributed by atoms with Crippen LogP contribution in [0.1, 0.15) is 52.0 Å². The number of primary amides is 1. The number of nitrogens with two attached hydrogens (primary N) is 2. The number of methoxy groups -OCH3 is 1. The van der Waals surface area contributed by atoms with Gasteiger partial charge in [0.2, 0.25) is 5.91 Å². The van der Waals surface area contributed by atoms with Crippen LogP contribution in [-0.4, -0.2) is 40.9 Å². The molecule has 3 rings (SSSR count). The normalized spacial score (nSPS) is 11.7. The zero-order chi connectivity index (χ0) is 27.3. The molecule has 1 unspecified atom stereocenters. The molecule has 0 spiro atoms. The second-order valence-electron chi connectivity index (χ2n) is 8.57. The quantitative estimate of drug-likeness (QED) is 0.313. The van der Waals surface area contributed by atoms with Gasteiger partial charge in [0.15, 0.2) is 17.2 Å².